The summed E-state index contributed by atoms with van der Waals surface area (Å²) in [6.07, 6.45) is 2.44. The number of carbonyl (C=O) groups is 1. The molecule has 0 unspecified atom stereocenters. The molecule has 5 nitrogen and oxygen atoms in total. The quantitative estimate of drug-likeness (QED) is 0.449. The van der Waals surface area contributed by atoms with Gasteiger partial charge in [-0.2, -0.15) is 5.10 Å². The van der Waals surface area contributed by atoms with Crippen molar-refractivity contribution in [2.45, 2.75) is 16.2 Å². The Bertz CT molecular complexity index is 945. The van der Waals surface area contributed by atoms with Crippen LogP contribution in [0.25, 0.3) is 0 Å². The van der Waals surface area contributed by atoms with Crippen LogP contribution in [0, 0.1) is 0 Å². The Morgan fingerprint density at radius 1 is 0.893 bits per heavy atom. The Kier molecular flexibility index (Phi) is 5.58. The summed E-state index contributed by atoms with van der Waals surface area (Å²) in [4.78, 5) is 16.7. The van der Waals surface area contributed by atoms with Crippen LogP contribution in [0.2, 0.25) is 0 Å². The van der Waals surface area contributed by atoms with Gasteiger partial charge in [-0.15, -0.1) is 0 Å². The summed E-state index contributed by atoms with van der Waals surface area (Å²) in [6.45, 7) is 0.778. The number of hydrazone groups is 1. The lowest BCUT2D eigenvalue weighted by Crippen LogP contribution is -2.25. The van der Waals surface area contributed by atoms with Gasteiger partial charge in [0, 0.05) is 34.7 Å². The number of hydrogen-bond acceptors (Lipinski definition) is 4. The Labute approximate surface area is 168 Å². The largest absolute Gasteiger partial charge is 0.339 e. The van der Waals surface area contributed by atoms with Crippen LogP contribution in [-0.2, 0) is 0 Å². The van der Waals surface area contributed by atoms with Crippen LogP contribution in [0.4, 0.5) is 21.9 Å². The van der Waals surface area contributed by atoms with Gasteiger partial charge in [-0.05, 0) is 36.4 Å². The molecule has 6 heteroatoms. The summed E-state index contributed by atoms with van der Waals surface area (Å²) in [5.41, 5.74) is 5.64. The van der Waals surface area contributed by atoms with E-state index in [1.807, 2.05) is 30.3 Å². The Morgan fingerprint density at radius 2 is 1.50 bits per heavy atom. The number of nitrogens with zero attached hydrogens (tertiary/aromatic N) is 2. The monoisotopic (exact) mass is 388 g/mol. The number of benzene rings is 3. The van der Waals surface area contributed by atoms with Crippen molar-refractivity contribution in [1.82, 2.24) is 5.43 Å². The fourth-order valence-electron chi connectivity index (χ4n) is 3.06. The van der Waals surface area contributed by atoms with E-state index in [0.29, 0.717) is 6.42 Å². The normalized spacial score (nSPS) is 12.4. The van der Waals surface area contributed by atoms with Gasteiger partial charge in [0.1, 0.15) is 0 Å². The van der Waals surface area contributed by atoms with E-state index in [9.17, 15) is 4.79 Å². The molecule has 140 valence electrons. The average molecular weight is 388 g/mol. The van der Waals surface area contributed by atoms with Gasteiger partial charge in [0.05, 0.1) is 11.4 Å². The van der Waals surface area contributed by atoms with E-state index in [0.717, 1.165) is 12.2 Å². The second-order valence-corrected chi connectivity index (χ2v) is 7.31. The van der Waals surface area contributed by atoms with Crippen molar-refractivity contribution in [1.29, 1.82) is 0 Å². The SMILES string of the molecule is O=C(N/N=C/CCN1c2ccccc2Sc2ccccc21)Nc1ccccc1. The molecule has 0 atom stereocenters. The molecule has 0 aliphatic carbocycles. The predicted molar refractivity (Wildman–Crippen MR) is 116 cm³/mol. The summed E-state index contributed by atoms with van der Waals surface area (Å²) in [5.74, 6) is 0. The molecule has 2 N–H and O–H groups in total. The summed E-state index contributed by atoms with van der Waals surface area (Å²) >= 11 is 1.79. The maximum absolute atomic E-state index is 11.9. The molecule has 1 aliphatic heterocycles. The number of carbonyl (C=O) groups excluding carboxylic acids is 1. The van der Waals surface area contributed by atoms with E-state index in [2.05, 4.69) is 69.3 Å². The standard InChI is InChI=1S/C22H20N4OS/c27-22(24-17-9-2-1-3-10-17)25-23-15-8-16-26-18-11-4-6-13-20(18)28-21-14-7-5-12-19(21)26/h1-7,9-15H,8,16H2,(H2,24,25,27)/b23-15+. The van der Waals surface area contributed by atoms with Gasteiger partial charge in [0.2, 0.25) is 0 Å². The average Bonchev–Trinajstić information content (AvgIpc) is 2.73. The van der Waals surface area contributed by atoms with Crippen LogP contribution in [-0.4, -0.2) is 18.8 Å². The molecule has 0 radical (unpaired) electrons. The number of anilines is 3. The highest BCUT2D eigenvalue weighted by atomic mass is 32.2. The zero-order chi connectivity index (χ0) is 19.2. The van der Waals surface area contributed by atoms with Gasteiger partial charge in [0.25, 0.3) is 0 Å². The number of hydrogen-bond donors (Lipinski definition) is 2. The van der Waals surface area contributed by atoms with Crippen LogP contribution in [0.15, 0.2) is 93.8 Å². The van der Waals surface area contributed by atoms with Crippen molar-refractivity contribution in [3.05, 3.63) is 78.9 Å². The lowest BCUT2D eigenvalue weighted by atomic mass is 10.2. The molecule has 0 saturated heterocycles. The molecular weight excluding hydrogens is 368 g/mol. The highest BCUT2D eigenvalue weighted by Gasteiger charge is 2.21. The Hall–Kier alpha value is -3.25. The summed E-state index contributed by atoms with van der Waals surface area (Å²) < 4.78 is 0. The van der Waals surface area contributed by atoms with E-state index < -0.39 is 0 Å². The highest BCUT2D eigenvalue weighted by molar-refractivity contribution is 7.99. The molecule has 1 aliphatic rings. The first-order chi connectivity index (χ1) is 13.8. The first kappa shape index (κ1) is 18.1. The van der Waals surface area contributed by atoms with Gasteiger partial charge in [0.15, 0.2) is 0 Å². The second-order valence-electron chi connectivity index (χ2n) is 6.22. The van der Waals surface area contributed by atoms with Crippen molar-refractivity contribution in [3.8, 4) is 0 Å². The number of rotatable bonds is 5. The minimum Gasteiger partial charge on any atom is -0.339 e. The zero-order valence-electron chi connectivity index (χ0n) is 15.2. The smallest absolute Gasteiger partial charge is 0.339 e. The zero-order valence-corrected chi connectivity index (χ0v) is 16.0. The van der Waals surface area contributed by atoms with E-state index in [-0.39, 0.29) is 6.03 Å². The van der Waals surface area contributed by atoms with Gasteiger partial charge < -0.3 is 10.2 Å². The first-order valence-corrected chi connectivity index (χ1v) is 9.90. The van der Waals surface area contributed by atoms with Crippen molar-refractivity contribution in [3.63, 3.8) is 0 Å². The molecule has 0 fully saturated rings. The molecular formula is C22H20N4OS. The minimum absolute atomic E-state index is 0.354. The van der Waals surface area contributed by atoms with Crippen molar-refractivity contribution in [2.24, 2.45) is 5.10 Å². The molecule has 0 spiro atoms. The van der Waals surface area contributed by atoms with Gasteiger partial charge in [-0.1, -0.05) is 54.2 Å². The minimum atomic E-state index is -0.354. The fraction of sp³-hybridized carbons (Fsp3) is 0.0909. The van der Waals surface area contributed by atoms with Crippen LogP contribution < -0.4 is 15.6 Å². The van der Waals surface area contributed by atoms with Gasteiger partial charge in [-0.3, -0.25) is 0 Å². The van der Waals surface area contributed by atoms with Crippen molar-refractivity contribution in [2.75, 3.05) is 16.8 Å². The number of urea groups is 1. The fourth-order valence-corrected chi connectivity index (χ4v) is 4.15. The topological polar surface area (TPSA) is 56.7 Å². The van der Waals surface area contributed by atoms with Gasteiger partial charge in [-0.25, -0.2) is 10.2 Å². The summed E-state index contributed by atoms with van der Waals surface area (Å²) in [5, 5.41) is 6.78. The second kappa shape index (κ2) is 8.63. The van der Waals surface area contributed by atoms with Crippen LogP contribution in [0.3, 0.4) is 0 Å². The van der Waals surface area contributed by atoms with E-state index in [1.165, 1.54) is 21.2 Å². The van der Waals surface area contributed by atoms with Crippen LogP contribution in [0.1, 0.15) is 6.42 Å². The number of fused-ring (bicyclic) bond motifs is 2. The maximum Gasteiger partial charge on any atom is 0.339 e. The molecule has 0 aromatic heterocycles. The van der Waals surface area contributed by atoms with E-state index in [4.69, 9.17) is 0 Å². The number of amides is 2. The molecule has 4 rings (SSSR count). The third-order valence-electron chi connectivity index (χ3n) is 4.30. The molecule has 3 aromatic carbocycles. The Balaban J connectivity index is 1.36. The molecule has 0 bridgehead atoms. The van der Waals surface area contributed by atoms with Crippen molar-refractivity contribution < 1.29 is 4.79 Å². The highest BCUT2D eigenvalue weighted by Crippen LogP contribution is 2.47. The third kappa shape index (κ3) is 4.18. The third-order valence-corrected chi connectivity index (χ3v) is 5.43. The van der Waals surface area contributed by atoms with Crippen LogP contribution in [0.5, 0.6) is 0 Å². The lowest BCUT2D eigenvalue weighted by Gasteiger charge is -2.32. The number of nitrogens with one attached hydrogen (secondary N) is 2. The van der Waals surface area contributed by atoms with Gasteiger partial charge >= 0.3 is 6.03 Å². The first-order valence-electron chi connectivity index (χ1n) is 9.08. The van der Waals surface area contributed by atoms with E-state index in [1.54, 1.807) is 18.0 Å². The maximum atomic E-state index is 11.9. The summed E-state index contributed by atoms with van der Waals surface area (Å²) in [7, 11) is 0. The molecule has 28 heavy (non-hydrogen) atoms. The van der Waals surface area contributed by atoms with Crippen LogP contribution >= 0.6 is 11.8 Å². The number of para-hydroxylation sites is 3. The predicted octanol–water partition coefficient (Wildman–Crippen LogP) is 5.49. The lowest BCUT2D eigenvalue weighted by molar-refractivity contribution is 0.252. The molecule has 1 heterocycles. The Morgan fingerprint density at radius 3 is 2.18 bits per heavy atom. The van der Waals surface area contributed by atoms with E-state index >= 15 is 0 Å². The van der Waals surface area contributed by atoms with Crippen molar-refractivity contribution >= 4 is 41.1 Å². The molecule has 3 aromatic rings. The summed E-state index contributed by atoms with van der Waals surface area (Å²) in [6, 6.07) is 25.7. The molecule has 2 amide bonds. The molecule has 0 saturated carbocycles.